The van der Waals surface area contributed by atoms with E-state index in [0.717, 1.165) is 19.3 Å². The Hall–Kier alpha value is -1.26. The maximum atomic E-state index is 12.1. The number of carboxylic acids is 1. The second-order valence-electron chi connectivity index (χ2n) is 7.04. The minimum atomic E-state index is -0.772. The zero-order chi connectivity index (χ0) is 14.3. The van der Waals surface area contributed by atoms with Gasteiger partial charge in [0.2, 0.25) is 0 Å². The molecule has 2 bridgehead atoms. The van der Waals surface area contributed by atoms with E-state index in [4.69, 9.17) is 9.84 Å². The SMILES string of the molecule is CC(C)(C)OC(=O)N1CC2CCC(CC(=O)O)(C2)C1. The van der Waals surface area contributed by atoms with Gasteiger partial charge in [-0.1, -0.05) is 0 Å². The third-order valence-corrected chi connectivity index (χ3v) is 3.99. The molecule has 2 aliphatic rings. The summed E-state index contributed by atoms with van der Waals surface area (Å²) in [5.74, 6) is -0.340. The summed E-state index contributed by atoms with van der Waals surface area (Å²) >= 11 is 0. The highest BCUT2D eigenvalue weighted by atomic mass is 16.6. The molecule has 2 rings (SSSR count). The number of hydrogen-bond acceptors (Lipinski definition) is 3. The van der Waals surface area contributed by atoms with Crippen molar-refractivity contribution < 1.29 is 19.4 Å². The number of carbonyl (C=O) groups excluding carboxylic acids is 1. The number of piperidine rings is 1. The van der Waals surface area contributed by atoms with Gasteiger partial charge >= 0.3 is 12.1 Å². The lowest BCUT2D eigenvalue weighted by Crippen LogP contribution is -2.48. The Balaban J connectivity index is 2.05. The zero-order valence-corrected chi connectivity index (χ0v) is 11.9. The highest BCUT2D eigenvalue weighted by molar-refractivity contribution is 5.70. The fourth-order valence-electron chi connectivity index (χ4n) is 3.41. The highest BCUT2D eigenvalue weighted by Gasteiger charge is 2.47. The first-order valence-corrected chi connectivity index (χ1v) is 6.89. The molecule has 0 spiro atoms. The van der Waals surface area contributed by atoms with Crippen LogP contribution in [-0.4, -0.2) is 40.8 Å². The molecule has 2 atom stereocenters. The maximum absolute atomic E-state index is 12.1. The number of hydrogen-bond donors (Lipinski definition) is 1. The van der Waals surface area contributed by atoms with E-state index in [9.17, 15) is 9.59 Å². The summed E-state index contributed by atoms with van der Waals surface area (Å²) in [6.45, 7) is 6.75. The Labute approximate surface area is 113 Å². The van der Waals surface area contributed by atoms with Crippen molar-refractivity contribution in [1.82, 2.24) is 4.90 Å². The molecule has 108 valence electrons. The van der Waals surface area contributed by atoms with Gasteiger partial charge in [0.25, 0.3) is 0 Å². The summed E-state index contributed by atoms with van der Waals surface area (Å²) in [6, 6.07) is 0. The van der Waals surface area contributed by atoms with E-state index in [0.29, 0.717) is 19.0 Å². The molecule has 1 saturated heterocycles. The van der Waals surface area contributed by atoms with Gasteiger partial charge in [-0.3, -0.25) is 4.79 Å². The lowest BCUT2D eigenvalue weighted by atomic mass is 9.79. The molecule has 1 N–H and O–H groups in total. The van der Waals surface area contributed by atoms with E-state index in [1.165, 1.54) is 0 Å². The van der Waals surface area contributed by atoms with Gasteiger partial charge in [-0.2, -0.15) is 0 Å². The number of fused-ring (bicyclic) bond motifs is 2. The molecule has 1 saturated carbocycles. The van der Waals surface area contributed by atoms with Gasteiger partial charge in [-0.15, -0.1) is 0 Å². The van der Waals surface area contributed by atoms with E-state index in [1.54, 1.807) is 4.90 Å². The Kier molecular flexibility index (Phi) is 3.49. The van der Waals surface area contributed by atoms with Crippen LogP contribution in [0, 0.1) is 11.3 Å². The van der Waals surface area contributed by atoms with Crippen LogP contribution in [0.1, 0.15) is 46.5 Å². The van der Waals surface area contributed by atoms with Crippen LogP contribution in [0.25, 0.3) is 0 Å². The Morgan fingerprint density at radius 1 is 1.42 bits per heavy atom. The van der Waals surface area contributed by atoms with Gasteiger partial charge in [0.15, 0.2) is 0 Å². The topological polar surface area (TPSA) is 66.8 Å². The smallest absolute Gasteiger partial charge is 0.410 e. The average molecular weight is 269 g/mol. The van der Waals surface area contributed by atoms with Gasteiger partial charge < -0.3 is 14.7 Å². The van der Waals surface area contributed by atoms with Crippen molar-refractivity contribution in [3.05, 3.63) is 0 Å². The van der Waals surface area contributed by atoms with E-state index < -0.39 is 11.6 Å². The first-order chi connectivity index (χ1) is 8.69. The second kappa shape index (κ2) is 4.69. The third-order valence-electron chi connectivity index (χ3n) is 3.99. The molecule has 1 aliphatic heterocycles. The summed E-state index contributed by atoms with van der Waals surface area (Å²) < 4.78 is 5.39. The van der Waals surface area contributed by atoms with Gasteiger partial charge in [0.05, 0.1) is 6.42 Å². The van der Waals surface area contributed by atoms with Crippen molar-refractivity contribution >= 4 is 12.1 Å². The number of amides is 1. The lowest BCUT2D eigenvalue weighted by Gasteiger charge is -2.39. The monoisotopic (exact) mass is 269 g/mol. The predicted molar refractivity (Wildman–Crippen MR) is 69.8 cm³/mol. The summed E-state index contributed by atoms with van der Waals surface area (Å²) in [4.78, 5) is 24.8. The van der Waals surface area contributed by atoms with Crippen LogP contribution in [0.15, 0.2) is 0 Å². The number of carbonyl (C=O) groups is 2. The Morgan fingerprint density at radius 3 is 2.68 bits per heavy atom. The molecule has 1 heterocycles. The standard InChI is InChI=1S/C14H23NO4/c1-13(2,3)19-12(18)15-8-10-4-5-14(6-10,9-15)7-11(16)17/h10H,4-9H2,1-3H3,(H,16,17). The molecule has 5 nitrogen and oxygen atoms in total. The second-order valence-corrected chi connectivity index (χ2v) is 7.04. The summed E-state index contributed by atoms with van der Waals surface area (Å²) in [5.41, 5.74) is -0.737. The van der Waals surface area contributed by atoms with E-state index in [2.05, 4.69) is 0 Å². The Bertz CT molecular complexity index is 387. The molecule has 1 aliphatic carbocycles. The maximum Gasteiger partial charge on any atom is 0.410 e. The van der Waals surface area contributed by atoms with Gasteiger partial charge in [0, 0.05) is 13.1 Å². The number of rotatable bonds is 2. The first kappa shape index (κ1) is 14.2. The van der Waals surface area contributed by atoms with Crippen molar-refractivity contribution in [2.75, 3.05) is 13.1 Å². The molecule has 5 heteroatoms. The molecule has 1 amide bonds. The lowest BCUT2D eigenvalue weighted by molar-refractivity contribution is -0.140. The van der Waals surface area contributed by atoms with Crippen molar-refractivity contribution in [2.24, 2.45) is 11.3 Å². The van der Waals surface area contributed by atoms with Crippen molar-refractivity contribution in [2.45, 2.75) is 52.1 Å². The largest absolute Gasteiger partial charge is 0.481 e. The molecule has 2 fully saturated rings. The van der Waals surface area contributed by atoms with E-state index >= 15 is 0 Å². The molecule has 19 heavy (non-hydrogen) atoms. The van der Waals surface area contributed by atoms with Crippen LogP contribution < -0.4 is 0 Å². The van der Waals surface area contributed by atoms with Crippen molar-refractivity contribution in [3.8, 4) is 0 Å². The molecule has 2 unspecified atom stereocenters. The van der Waals surface area contributed by atoms with E-state index in [-0.39, 0.29) is 17.9 Å². The van der Waals surface area contributed by atoms with Crippen LogP contribution >= 0.6 is 0 Å². The van der Waals surface area contributed by atoms with Crippen LogP contribution in [0.4, 0.5) is 4.79 Å². The number of ether oxygens (including phenoxy) is 1. The minimum absolute atomic E-state index is 0.156. The number of likely N-dealkylation sites (tertiary alicyclic amines) is 1. The fourth-order valence-corrected chi connectivity index (χ4v) is 3.41. The van der Waals surface area contributed by atoms with Gasteiger partial charge in [-0.05, 0) is 51.4 Å². The van der Waals surface area contributed by atoms with Gasteiger partial charge in [-0.25, -0.2) is 4.79 Å². The summed E-state index contributed by atoms with van der Waals surface area (Å²) in [6.07, 6.45) is 2.70. The molecule has 0 aromatic heterocycles. The molecular formula is C14H23NO4. The number of aliphatic carboxylic acids is 1. The van der Waals surface area contributed by atoms with Crippen molar-refractivity contribution in [3.63, 3.8) is 0 Å². The van der Waals surface area contributed by atoms with Gasteiger partial charge in [0.1, 0.15) is 5.60 Å². The normalized spacial score (nSPS) is 30.3. The first-order valence-electron chi connectivity index (χ1n) is 6.89. The number of carboxylic acid groups (broad SMARTS) is 1. The summed E-state index contributed by atoms with van der Waals surface area (Å²) in [5, 5.41) is 9.06. The fraction of sp³-hybridized carbons (Fsp3) is 0.857. The minimum Gasteiger partial charge on any atom is -0.481 e. The summed E-state index contributed by atoms with van der Waals surface area (Å²) in [7, 11) is 0. The molecule has 0 aromatic rings. The molecular weight excluding hydrogens is 246 g/mol. The molecule has 0 radical (unpaired) electrons. The highest BCUT2D eigenvalue weighted by Crippen LogP contribution is 2.48. The zero-order valence-electron chi connectivity index (χ0n) is 11.9. The molecule has 0 aromatic carbocycles. The van der Waals surface area contributed by atoms with Crippen LogP contribution in [0.5, 0.6) is 0 Å². The number of nitrogens with zero attached hydrogens (tertiary/aromatic N) is 1. The van der Waals surface area contributed by atoms with E-state index in [1.807, 2.05) is 20.8 Å². The Morgan fingerprint density at radius 2 is 2.11 bits per heavy atom. The predicted octanol–water partition coefficient (Wildman–Crippen LogP) is 2.50. The van der Waals surface area contributed by atoms with Crippen LogP contribution in [0.2, 0.25) is 0 Å². The average Bonchev–Trinajstić information content (AvgIpc) is 2.50. The quantitative estimate of drug-likeness (QED) is 0.836. The van der Waals surface area contributed by atoms with Crippen LogP contribution in [0.3, 0.4) is 0 Å². The third kappa shape index (κ3) is 3.39. The van der Waals surface area contributed by atoms with Crippen LogP contribution in [-0.2, 0) is 9.53 Å². The van der Waals surface area contributed by atoms with Crippen molar-refractivity contribution in [1.29, 1.82) is 0 Å².